The van der Waals surface area contributed by atoms with Gasteiger partial charge in [0.1, 0.15) is 11.6 Å². The number of fused-ring (bicyclic) bond motifs is 1. The number of benzene rings is 1. The molecule has 0 bridgehead atoms. The highest BCUT2D eigenvalue weighted by Crippen LogP contribution is 2.30. The smallest absolute Gasteiger partial charge is 0.258 e. The maximum Gasteiger partial charge on any atom is 0.258 e. The first-order valence-electron chi connectivity index (χ1n) is 8.37. The van der Waals surface area contributed by atoms with Gasteiger partial charge in [0.05, 0.1) is 23.5 Å². The van der Waals surface area contributed by atoms with E-state index in [2.05, 4.69) is 19.9 Å². The van der Waals surface area contributed by atoms with Gasteiger partial charge in [-0.2, -0.15) is 0 Å². The highest BCUT2D eigenvalue weighted by Gasteiger charge is 2.29. The zero-order valence-corrected chi connectivity index (χ0v) is 14.0. The molecule has 7 heteroatoms. The summed E-state index contributed by atoms with van der Waals surface area (Å²) in [5.41, 5.74) is 0.522. The lowest BCUT2D eigenvalue weighted by atomic mass is 10.2. The van der Waals surface area contributed by atoms with E-state index in [1.54, 1.807) is 23.9 Å². The van der Waals surface area contributed by atoms with Gasteiger partial charge >= 0.3 is 0 Å². The second kappa shape index (κ2) is 6.25. The Bertz CT molecular complexity index is 1040. The summed E-state index contributed by atoms with van der Waals surface area (Å²) in [5.74, 6) is 1.39. The summed E-state index contributed by atoms with van der Waals surface area (Å²) < 4.78 is 1.56. The Morgan fingerprint density at radius 1 is 1.24 bits per heavy atom. The molecule has 1 aromatic carbocycles. The van der Waals surface area contributed by atoms with E-state index in [1.165, 1.54) is 6.07 Å². The van der Waals surface area contributed by atoms with Gasteiger partial charge in [-0.3, -0.25) is 19.1 Å². The van der Waals surface area contributed by atoms with Crippen LogP contribution in [0.4, 0.5) is 0 Å². The molecular weight excluding hydrogens is 318 g/mol. The average Bonchev–Trinajstić information content (AvgIpc) is 3.07. The molecule has 1 aliphatic rings. The monoisotopic (exact) mass is 337 g/mol. The van der Waals surface area contributed by atoms with E-state index in [0.717, 1.165) is 19.4 Å². The molecule has 0 aliphatic carbocycles. The molecular formula is C18H19N5O2. The summed E-state index contributed by atoms with van der Waals surface area (Å²) in [6.45, 7) is 1.43. The van der Waals surface area contributed by atoms with Crippen LogP contribution < -0.4 is 11.1 Å². The summed E-state index contributed by atoms with van der Waals surface area (Å²) >= 11 is 0. The zero-order valence-electron chi connectivity index (χ0n) is 14.0. The number of nitrogens with one attached hydrogen (secondary N) is 1. The fourth-order valence-corrected chi connectivity index (χ4v) is 3.43. The van der Waals surface area contributed by atoms with Gasteiger partial charge in [0.15, 0.2) is 0 Å². The minimum absolute atomic E-state index is 0.0226. The van der Waals surface area contributed by atoms with Crippen molar-refractivity contribution in [2.24, 2.45) is 7.05 Å². The summed E-state index contributed by atoms with van der Waals surface area (Å²) in [5, 5.41) is 0.600. The molecule has 1 N–H and O–H groups in total. The largest absolute Gasteiger partial charge is 0.309 e. The van der Waals surface area contributed by atoms with Gasteiger partial charge in [-0.15, -0.1) is 0 Å². The fourth-order valence-electron chi connectivity index (χ4n) is 3.43. The summed E-state index contributed by atoms with van der Waals surface area (Å²) in [4.78, 5) is 38.3. The SMILES string of the molecule is Cn1c(CN2CCCC2c2nc3ccccc3c(=O)[nH]2)nccc1=O. The second-order valence-electron chi connectivity index (χ2n) is 6.36. The average molecular weight is 337 g/mol. The lowest BCUT2D eigenvalue weighted by Crippen LogP contribution is -2.30. The normalized spacial score (nSPS) is 18.0. The lowest BCUT2D eigenvalue weighted by molar-refractivity contribution is 0.230. The Balaban J connectivity index is 1.69. The number of para-hydroxylation sites is 1. The highest BCUT2D eigenvalue weighted by atomic mass is 16.1. The third-order valence-corrected chi connectivity index (χ3v) is 4.81. The molecule has 1 fully saturated rings. The Hall–Kier alpha value is -2.80. The van der Waals surface area contributed by atoms with Crippen LogP contribution in [0.5, 0.6) is 0 Å². The van der Waals surface area contributed by atoms with Crippen molar-refractivity contribution >= 4 is 10.9 Å². The molecule has 0 saturated carbocycles. The van der Waals surface area contributed by atoms with Crippen molar-refractivity contribution in [3.05, 3.63) is 68.9 Å². The van der Waals surface area contributed by atoms with Gasteiger partial charge in [0, 0.05) is 19.3 Å². The molecule has 1 atom stereocenters. The quantitative estimate of drug-likeness (QED) is 0.780. The topological polar surface area (TPSA) is 83.9 Å². The highest BCUT2D eigenvalue weighted by molar-refractivity contribution is 5.77. The summed E-state index contributed by atoms with van der Waals surface area (Å²) in [6, 6.07) is 8.83. The van der Waals surface area contributed by atoms with E-state index in [-0.39, 0.29) is 17.2 Å². The number of hydrogen-bond donors (Lipinski definition) is 1. The lowest BCUT2D eigenvalue weighted by Gasteiger charge is -2.24. The van der Waals surface area contributed by atoms with Crippen LogP contribution >= 0.6 is 0 Å². The summed E-state index contributed by atoms with van der Waals surface area (Å²) in [6.07, 6.45) is 3.48. The fraction of sp³-hybridized carbons (Fsp3) is 0.333. The van der Waals surface area contributed by atoms with Gasteiger partial charge in [0.2, 0.25) is 0 Å². The molecule has 3 aromatic rings. The van der Waals surface area contributed by atoms with Crippen molar-refractivity contribution in [2.75, 3.05) is 6.54 Å². The van der Waals surface area contributed by atoms with Gasteiger partial charge in [-0.05, 0) is 31.5 Å². The predicted molar refractivity (Wildman–Crippen MR) is 94.2 cm³/mol. The molecule has 0 amide bonds. The number of nitrogens with zero attached hydrogens (tertiary/aromatic N) is 4. The predicted octanol–water partition coefficient (Wildman–Crippen LogP) is 1.35. The van der Waals surface area contributed by atoms with E-state index in [4.69, 9.17) is 0 Å². The Labute approximate surface area is 144 Å². The molecule has 0 radical (unpaired) electrons. The van der Waals surface area contributed by atoms with Gasteiger partial charge in [0.25, 0.3) is 11.1 Å². The molecule has 4 rings (SSSR count). The Morgan fingerprint density at radius 2 is 2.08 bits per heavy atom. The Kier molecular flexibility index (Phi) is 3.93. The maximum absolute atomic E-state index is 12.3. The first kappa shape index (κ1) is 15.7. The summed E-state index contributed by atoms with van der Waals surface area (Å²) in [7, 11) is 1.73. The van der Waals surface area contributed by atoms with Gasteiger partial charge < -0.3 is 4.98 Å². The van der Waals surface area contributed by atoms with Crippen LogP contribution in [0.25, 0.3) is 10.9 Å². The van der Waals surface area contributed by atoms with Crippen molar-refractivity contribution in [2.45, 2.75) is 25.4 Å². The van der Waals surface area contributed by atoms with Crippen LogP contribution in [0.3, 0.4) is 0 Å². The van der Waals surface area contributed by atoms with Crippen LogP contribution in [-0.4, -0.2) is 31.0 Å². The molecule has 1 saturated heterocycles. The first-order chi connectivity index (χ1) is 12.1. The number of aromatic amines is 1. The van der Waals surface area contributed by atoms with Crippen LogP contribution in [0.1, 0.15) is 30.5 Å². The number of rotatable bonds is 3. The third kappa shape index (κ3) is 2.87. The van der Waals surface area contributed by atoms with Gasteiger partial charge in [-0.25, -0.2) is 9.97 Å². The standard InChI is InChI=1S/C18H19N5O2/c1-22-15(19-9-8-16(22)24)11-23-10-4-7-14(23)17-20-13-6-3-2-5-12(13)18(25)21-17/h2-3,5-6,8-9,14H,4,7,10-11H2,1H3,(H,20,21,25). The van der Waals surface area contributed by atoms with Crippen LogP contribution in [0.15, 0.2) is 46.1 Å². The first-order valence-corrected chi connectivity index (χ1v) is 8.37. The van der Waals surface area contributed by atoms with Crippen molar-refractivity contribution in [1.82, 2.24) is 24.4 Å². The van der Waals surface area contributed by atoms with E-state index in [9.17, 15) is 9.59 Å². The molecule has 3 heterocycles. The molecule has 128 valence electrons. The van der Waals surface area contributed by atoms with Crippen molar-refractivity contribution in [3.8, 4) is 0 Å². The molecule has 7 nitrogen and oxygen atoms in total. The van der Waals surface area contributed by atoms with Crippen LogP contribution in [0.2, 0.25) is 0 Å². The number of aromatic nitrogens is 4. The Morgan fingerprint density at radius 3 is 2.96 bits per heavy atom. The third-order valence-electron chi connectivity index (χ3n) is 4.81. The molecule has 1 aliphatic heterocycles. The second-order valence-corrected chi connectivity index (χ2v) is 6.36. The van der Waals surface area contributed by atoms with Crippen LogP contribution in [-0.2, 0) is 13.6 Å². The number of H-pyrrole nitrogens is 1. The van der Waals surface area contributed by atoms with Crippen molar-refractivity contribution in [3.63, 3.8) is 0 Å². The number of likely N-dealkylation sites (tertiary alicyclic amines) is 1. The number of hydrogen-bond acceptors (Lipinski definition) is 5. The molecule has 0 spiro atoms. The molecule has 25 heavy (non-hydrogen) atoms. The van der Waals surface area contributed by atoms with E-state index in [1.807, 2.05) is 18.2 Å². The van der Waals surface area contributed by atoms with E-state index < -0.39 is 0 Å². The maximum atomic E-state index is 12.3. The van der Waals surface area contributed by atoms with Crippen LogP contribution in [0, 0.1) is 0 Å². The van der Waals surface area contributed by atoms with Crippen molar-refractivity contribution < 1.29 is 0 Å². The minimum atomic E-state index is -0.113. The van der Waals surface area contributed by atoms with Gasteiger partial charge in [-0.1, -0.05) is 12.1 Å². The molecule has 2 aromatic heterocycles. The minimum Gasteiger partial charge on any atom is -0.309 e. The van der Waals surface area contributed by atoms with E-state index in [0.29, 0.717) is 29.1 Å². The van der Waals surface area contributed by atoms with E-state index >= 15 is 0 Å². The zero-order chi connectivity index (χ0) is 17.4. The van der Waals surface area contributed by atoms with Crippen molar-refractivity contribution in [1.29, 1.82) is 0 Å². The molecule has 1 unspecified atom stereocenters.